The second kappa shape index (κ2) is 6.27. The number of benzene rings is 1. The van der Waals surface area contributed by atoms with E-state index in [0.717, 1.165) is 6.07 Å². The number of anilines is 1. The van der Waals surface area contributed by atoms with Crippen molar-refractivity contribution in [3.63, 3.8) is 0 Å². The Balaban J connectivity index is 2.79. The third-order valence-electron chi connectivity index (χ3n) is 2.62. The lowest BCUT2D eigenvalue weighted by Gasteiger charge is -2.16. The Bertz CT molecular complexity index is 463. The summed E-state index contributed by atoms with van der Waals surface area (Å²) in [5.74, 6) is -0.182. The highest BCUT2D eigenvalue weighted by molar-refractivity contribution is 9.10. The van der Waals surface area contributed by atoms with Crippen molar-refractivity contribution in [3.8, 4) is 0 Å². The standard InChI is InChI=1S/C12H14BrF3N2O/c1-3-18(2)11(19)7-17-8-4-5-10(13)9(6-8)12(14,15)16/h4-6,17H,3,7H2,1-2H3. The summed E-state index contributed by atoms with van der Waals surface area (Å²) in [7, 11) is 1.63. The molecule has 1 amide bonds. The van der Waals surface area contributed by atoms with Gasteiger partial charge in [0.15, 0.2) is 0 Å². The maximum absolute atomic E-state index is 12.7. The molecule has 7 heteroatoms. The third-order valence-corrected chi connectivity index (χ3v) is 3.31. The third kappa shape index (κ3) is 4.41. The van der Waals surface area contributed by atoms with Crippen molar-refractivity contribution in [2.24, 2.45) is 0 Å². The number of nitrogens with one attached hydrogen (secondary N) is 1. The molecular formula is C12H14BrF3N2O. The van der Waals surface area contributed by atoms with Crippen LogP contribution in [0.5, 0.6) is 0 Å². The first kappa shape index (κ1) is 15.8. The van der Waals surface area contributed by atoms with Crippen molar-refractivity contribution in [2.45, 2.75) is 13.1 Å². The van der Waals surface area contributed by atoms with Crippen LogP contribution in [-0.2, 0) is 11.0 Å². The molecule has 0 aromatic heterocycles. The molecule has 0 saturated heterocycles. The highest BCUT2D eigenvalue weighted by Crippen LogP contribution is 2.36. The molecule has 0 heterocycles. The van der Waals surface area contributed by atoms with Crippen LogP contribution in [0.15, 0.2) is 22.7 Å². The number of likely N-dealkylation sites (N-methyl/N-ethyl adjacent to an activating group) is 1. The van der Waals surface area contributed by atoms with Gasteiger partial charge in [0.25, 0.3) is 0 Å². The van der Waals surface area contributed by atoms with Gasteiger partial charge in [-0.15, -0.1) is 0 Å². The molecule has 0 bridgehead atoms. The fraction of sp³-hybridized carbons (Fsp3) is 0.417. The number of hydrogen-bond donors (Lipinski definition) is 1. The van der Waals surface area contributed by atoms with Crippen LogP contribution in [0.25, 0.3) is 0 Å². The van der Waals surface area contributed by atoms with Gasteiger partial charge in [-0.1, -0.05) is 15.9 Å². The summed E-state index contributed by atoms with van der Waals surface area (Å²) in [6.45, 7) is 2.33. The summed E-state index contributed by atoms with van der Waals surface area (Å²) < 4.78 is 38.0. The Hall–Kier alpha value is -1.24. The van der Waals surface area contributed by atoms with E-state index in [-0.39, 0.29) is 22.6 Å². The molecule has 1 aromatic carbocycles. The summed E-state index contributed by atoms with van der Waals surface area (Å²) in [5, 5.41) is 2.69. The Kier molecular flexibility index (Phi) is 5.22. The van der Waals surface area contributed by atoms with Gasteiger partial charge < -0.3 is 10.2 Å². The van der Waals surface area contributed by atoms with Gasteiger partial charge in [-0.2, -0.15) is 13.2 Å². The number of halogens is 4. The largest absolute Gasteiger partial charge is 0.417 e. The smallest absolute Gasteiger partial charge is 0.376 e. The van der Waals surface area contributed by atoms with E-state index in [4.69, 9.17) is 0 Å². The van der Waals surface area contributed by atoms with Gasteiger partial charge in [0.2, 0.25) is 5.91 Å². The number of nitrogens with zero attached hydrogens (tertiary/aromatic N) is 1. The maximum Gasteiger partial charge on any atom is 0.417 e. The van der Waals surface area contributed by atoms with Crippen molar-refractivity contribution in [3.05, 3.63) is 28.2 Å². The Morgan fingerprint density at radius 2 is 2.05 bits per heavy atom. The molecule has 0 aliphatic rings. The minimum Gasteiger partial charge on any atom is -0.376 e. The molecule has 1 aromatic rings. The second-order valence-electron chi connectivity index (χ2n) is 3.95. The maximum atomic E-state index is 12.7. The minimum absolute atomic E-state index is 0.0254. The molecule has 0 aliphatic carbocycles. The first-order valence-electron chi connectivity index (χ1n) is 5.60. The van der Waals surface area contributed by atoms with Gasteiger partial charge in [0.1, 0.15) is 0 Å². The Morgan fingerprint density at radius 3 is 2.58 bits per heavy atom. The molecule has 19 heavy (non-hydrogen) atoms. The lowest BCUT2D eigenvalue weighted by atomic mass is 10.2. The van der Waals surface area contributed by atoms with Crippen LogP contribution in [-0.4, -0.2) is 30.9 Å². The lowest BCUT2D eigenvalue weighted by molar-refractivity contribution is -0.138. The zero-order valence-electron chi connectivity index (χ0n) is 10.5. The van der Waals surface area contributed by atoms with Gasteiger partial charge in [-0.05, 0) is 25.1 Å². The fourth-order valence-corrected chi connectivity index (χ4v) is 1.81. The van der Waals surface area contributed by atoms with Crippen molar-refractivity contribution in [1.82, 2.24) is 4.90 Å². The summed E-state index contributed by atoms with van der Waals surface area (Å²) in [4.78, 5) is 13.0. The van der Waals surface area contributed by atoms with Gasteiger partial charge in [0.05, 0.1) is 12.1 Å². The zero-order valence-corrected chi connectivity index (χ0v) is 12.1. The van der Waals surface area contributed by atoms with Crippen molar-refractivity contribution >= 4 is 27.5 Å². The number of alkyl halides is 3. The van der Waals surface area contributed by atoms with E-state index in [0.29, 0.717) is 6.54 Å². The zero-order chi connectivity index (χ0) is 14.6. The SMILES string of the molecule is CCN(C)C(=O)CNc1ccc(Br)c(C(F)(F)F)c1. The monoisotopic (exact) mass is 338 g/mol. The number of amides is 1. The van der Waals surface area contributed by atoms with Crippen LogP contribution in [0.3, 0.4) is 0 Å². The normalized spacial score (nSPS) is 11.3. The van der Waals surface area contributed by atoms with Gasteiger partial charge >= 0.3 is 6.18 Å². The van der Waals surface area contributed by atoms with E-state index in [9.17, 15) is 18.0 Å². The average Bonchev–Trinajstić information content (AvgIpc) is 2.35. The number of hydrogen-bond acceptors (Lipinski definition) is 2. The topological polar surface area (TPSA) is 32.3 Å². The highest BCUT2D eigenvalue weighted by atomic mass is 79.9. The van der Waals surface area contributed by atoms with Crippen LogP contribution in [0, 0.1) is 0 Å². The molecule has 0 fully saturated rings. The molecule has 1 rings (SSSR count). The molecule has 0 atom stereocenters. The van der Waals surface area contributed by atoms with Gasteiger partial charge in [-0.25, -0.2) is 0 Å². The summed E-state index contributed by atoms with van der Waals surface area (Å²) in [5.41, 5.74) is -0.512. The predicted molar refractivity (Wildman–Crippen MR) is 70.9 cm³/mol. The summed E-state index contributed by atoms with van der Waals surface area (Å²) in [6, 6.07) is 3.76. The van der Waals surface area contributed by atoms with E-state index in [2.05, 4.69) is 21.2 Å². The Morgan fingerprint density at radius 1 is 1.42 bits per heavy atom. The molecule has 0 saturated carbocycles. The number of carbonyl (C=O) groups is 1. The summed E-state index contributed by atoms with van der Waals surface area (Å²) in [6.07, 6.45) is -4.43. The number of rotatable bonds is 4. The van der Waals surface area contributed by atoms with Gasteiger partial charge in [0, 0.05) is 23.8 Å². The summed E-state index contributed by atoms with van der Waals surface area (Å²) >= 11 is 2.86. The van der Waals surface area contributed by atoms with E-state index >= 15 is 0 Å². The highest BCUT2D eigenvalue weighted by Gasteiger charge is 2.33. The molecular weight excluding hydrogens is 325 g/mol. The van der Waals surface area contributed by atoms with Crippen LogP contribution in [0.4, 0.5) is 18.9 Å². The fourth-order valence-electron chi connectivity index (χ4n) is 1.34. The lowest BCUT2D eigenvalue weighted by Crippen LogP contribution is -2.31. The van der Waals surface area contributed by atoms with Gasteiger partial charge in [-0.3, -0.25) is 4.79 Å². The predicted octanol–water partition coefficient (Wildman–Crippen LogP) is 3.36. The number of carbonyl (C=O) groups excluding carboxylic acids is 1. The average molecular weight is 339 g/mol. The quantitative estimate of drug-likeness (QED) is 0.912. The molecule has 1 N–H and O–H groups in total. The van der Waals surface area contributed by atoms with Crippen LogP contribution < -0.4 is 5.32 Å². The van der Waals surface area contributed by atoms with Crippen LogP contribution in [0.1, 0.15) is 12.5 Å². The molecule has 0 radical (unpaired) electrons. The first-order valence-corrected chi connectivity index (χ1v) is 6.39. The van der Waals surface area contributed by atoms with E-state index in [1.54, 1.807) is 7.05 Å². The molecule has 106 valence electrons. The molecule has 3 nitrogen and oxygen atoms in total. The molecule has 0 aliphatic heterocycles. The Labute approximate surface area is 117 Å². The van der Waals surface area contributed by atoms with Crippen LogP contribution in [0.2, 0.25) is 0 Å². The van der Waals surface area contributed by atoms with Crippen LogP contribution >= 0.6 is 15.9 Å². The minimum atomic E-state index is -4.43. The van der Waals surface area contributed by atoms with E-state index in [1.807, 2.05) is 6.92 Å². The van der Waals surface area contributed by atoms with Crippen molar-refractivity contribution in [2.75, 3.05) is 25.5 Å². The van der Waals surface area contributed by atoms with E-state index in [1.165, 1.54) is 17.0 Å². The van der Waals surface area contributed by atoms with Crippen molar-refractivity contribution < 1.29 is 18.0 Å². The van der Waals surface area contributed by atoms with E-state index < -0.39 is 11.7 Å². The molecule has 0 spiro atoms. The molecule has 0 unspecified atom stereocenters. The van der Waals surface area contributed by atoms with Crippen molar-refractivity contribution in [1.29, 1.82) is 0 Å². The first-order chi connectivity index (χ1) is 8.75. The second-order valence-corrected chi connectivity index (χ2v) is 4.81.